The number of hydrogen-bond donors (Lipinski definition) is 4. The third kappa shape index (κ3) is 2.66. The second-order valence-electron chi connectivity index (χ2n) is 7.13. The fraction of sp³-hybridized carbons (Fsp3) is 0.412. The molecule has 3 aromatic rings. The van der Waals surface area contributed by atoms with Gasteiger partial charge < -0.3 is 29.6 Å². The number of H-pyrrole nitrogens is 1. The largest absolute Gasteiger partial charge is 0.394 e. The summed E-state index contributed by atoms with van der Waals surface area (Å²) in [6.07, 6.45) is -1.53. The van der Waals surface area contributed by atoms with Gasteiger partial charge in [-0.05, 0) is 13.0 Å². The molecule has 11 heteroatoms. The first-order valence-corrected chi connectivity index (χ1v) is 10.3. The van der Waals surface area contributed by atoms with E-state index in [1.165, 1.54) is 23.8 Å². The summed E-state index contributed by atoms with van der Waals surface area (Å²) in [7, 11) is -3.69. The summed E-state index contributed by atoms with van der Waals surface area (Å²) in [4.78, 5) is 11.0. The molecule has 1 fully saturated rings. The second kappa shape index (κ2) is 6.09. The Kier molecular flexibility index (Phi) is 3.87. The Balaban J connectivity index is 2.14. The Hall–Kier alpha value is -2.31. The van der Waals surface area contributed by atoms with Gasteiger partial charge in [-0.25, -0.2) is 18.4 Å². The number of aliphatic hydroxyl groups excluding tert-OH is 2. The van der Waals surface area contributed by atoms with Crippen molar-refractivity contribution in [2.24, 2.45) is 0 Å². The maximum Gasteiger partial charge on any atom is 0.176 e. The number of hydrogen-bond acceptors (Lipinski definition) is 8. The van der Waals surface area contributed by atoms with Crippen molar-refractivity contribution >= 4 is 38.5 Å². The summed E-state index contributed by atoms with van der Waals surface area (Å²) in [6.45, 7) is 4.58. The number of nitrogens with one attached hydrogen (secondary N) is 1. The molecule has 0 radical (unpaired) electrons. The smallest absolute Gasteiger partial charge is 0.176 e. The van der Waals surface area contributed by atoms with Gasteiger partial charge in [0.25, 0.3) is 0 Å². The molecule has 0 aromatic carbocycles. The van der Waals surface area contributed by atoms with E-state index < -0.39 is 40.5 Å². The van der Waals surface area contributed by atoms with E-state index in [9.17, 15) is 23.7 Å². The molecule has 0 unspecified atom stereocenters. The summed E-state index contributed by atoms with van der Waals surface area (Å²) in [6, 6.07) is 1.35. The molecule has 3 aromatic heterocycles. The molecule has 10 nitrogen and oxygen atoms in total. The van der Waals surface area contributed by atoms with E-state index in [1.54, 1.807) is 0 Å². The fourth-order valence-corrected chi connectivity index (χ4v) is 4.53. The third-order valence-corrected chi connectivity index (χ3v) is 6.13. The van der Waals surface area contributed by atoms with Crippen molar-refractivity contribution in [2.45, 2.75) is 35.9 Å². The van der Waals surface area contributed by atoms with Crippen LogP contribution in [0.2, 0.25) is 0 Å². The standard InChI is InChI=1S/C17H20N4O6S/c1-8-4-11(28(3,25)26)9-5-21(15-12(9)14(20-8)18-7-19-15)16-17(2,24)13(23)10(6-22)27-16/h4-5,7,10,13,16,22-24H,1,6H2,2-3H3,(H,18,19,20)/t10-,13-,16-,17-/m1/s1/i7T. The first-order chi connectivity index (χ1) is 13.4. The van der Waals surface area contributed by atoms with Crippen molar-refractivity contribution in [3.05, 3.63) is 23.9 Å². The maximum absolute atomic E-state index is 12.4. The lowest BCUT2D eigenvalue weighted by atomic mass is 9.96. The number of sulfone groups is 1. The molecule has 4 heterocycles. The molecular formula is C17H20N4O6S. The minimum Gasteiger partial charge on any atom is -0.394 e. The summed E-state index contributed by atoms with van der Waals surface area (Å²) in [5.41, 5.74) is -1.51. The number of rotatable bonds is 3. The van der Waals surface area contributed by atoms with Gasteiger partial charge >= 0.3 is 0 Å². The van der Waals surface area contributed by atoms with Gasteiger partial charge in [-0.2, -0.15) is 0 Å². The normalized spacial score (nSPS) is 28.9. The van der Waals surface area contributed by atoms with Crippen molar-refractivity contribution in [3.63, 3.8) is 0 Å². The molecule has 0 aliphatic carbocycles. The van der Waals surface area contributed by atoms with Crippen LogP contribution in [0.5, 0.6) is 0 Å². The van der Waals surface area contributed by atoms with Crippen LogP contribution in [0.25, 0.3) is 28.6 Å². The number of nitrogens with zero attached hydrogens (tertiary/aromatic N) is 3. The minimum atomic E-state index is -3.69. The van der Waals surface area contributed by atoms with E-state index in [2.05, 4.69) is 21.5 Å². The predicted octanol–water partition coefficient (Wildman–Crippen LogP) is -0.991. The van der Waals surface area contributed by atoms with Gasteiger partial charge in [0.1, 0.15) is 36.8 Å². The van der Waals surface area contributed by atoms with E-state index in [0.717, 1.165) is 6.26 Å². The number of aliphatic hydroxyl groups is 3. The van der Waals surface area contributed by atoms with E-state index in [4.69, 9.17) is 6.11 Å². The second-order valence-corrected chi connectivity index (χ2v) is 9.12. The van der Waals surface area contributed by atoms with Gasteiger partial charge in [-0.15, -0.1) is 0 Å². The van der Waals surface area contributed by atoms with Crippen molar-refractivity contribution in [1.29, 1.82) is 0 Å². The van der Waals surface area contributed by atoms with E-state index in [0.29, 0.717) is 5.39 Å². The Bertz CT molecular complexity index is 1300. The van der Waals surface area contributed by atoms with Crippen LogP contribution in [-0.2, 0) is 14.6 Å². The van der Waals surface area contributed by atoms with Crippen LogP contribution in [0, 0.1) is 0 Å². The lowest BCUT2D eigenvalue weighted by molar-refractivity contribution is -0.0947. The first-order valence-electron chi connectivity index (χ1n) is 8.89. The topological polar surface area (TPSA) is 151 Å². The summed E-state index contributed by atoms with van der Waals surface area (Å²) >= 11 is 0. The minimum absolute atomic E-state index is 0.0456. The van der Waals surface area contributed by atoms with Crippen LogP contribution in [0.3, 0.4) is 0 Å². The summed E-state index contributed by atoms with van der Waals surface area (Å²) in [5, 5.41) is 31.4. The van der Waals surface area contributed by atoms with E-state index in [-0.39, 0.29) is 33.2 Å². The average Bonchev–Trinajstić information content (AvgIpc) is 3.01. The molecule has 1 aliphatic rings. The van der Waals surface area contributed by atoms with Gasteiger partial charge in [-0.1, -0.05) is 6.58 Å². The molecule has 1 saturated heterocycles. The molecule has 150 valence electrons. The molecule has 28 heavy (non-hydrogen) atoms. The lowest BCUT2D eigenvalue weighted by Gasteiger charge is -2.27. The monoisotopic (exact) mass is 410 g/mol. The van der Waals surface area contributed by atoms with Crippen LogP contribution < -0.4 is 5.35 Å². The van der Waals surface area contributed by atoms with Crippen molar-refractivity contribution in [3.8, 4) is 0 Å². The van der Waals surface area contributed by atoms with Crippen molar-refractivity contribution in [2.75, 3.05) is 12.9 Å². The molecule has 4 rings (SSSR count). The van der Waals surface area contributed by atoms with Crippen molar-refractivity contribution < 1.29 is 29.8 Å². The Morgan fingerprint density at radius 3 is 2.82 bits per heavy atom. The molecule has 0 amide bonds. The van der Waals surface area contributed by atoms with Gasteiger partial charge in [-0.3, -0.25) is 0 Å². The van der Waals surface area contributed by atoms with Gasteiger partial charge in [0.15, 0.2) is 16.1 Å². The van der Waals surface area contributed by atoms with Crippen LogP contribution in [0.15, 0.2) is 23.5 Å². The van der Waals surface area contributed by atoms with E-state index >= 15 is 0 Å². The molecule has 0 spiro atoms. The average molecular weight is 410 g/mol. The van der Waals surface area contributed by atoms with E-state index in [1.807, 2.05) is 0 Å². The van der Waals surface area contributed by atoms with Gasteiger partial charge in [0.2, 0.25) is 0 Å². The summed E-state index contributed by atoms with van der Waals surface area (Å²) in [5.74, 6) is 0. The predicted molar refractivity (Wildman–Crippen MR) is 99.7 cm³/mol. The first kappa shape index (κ1) is 17.8. The highest BCUT2D eigenvalue weighted by Crippen LogP contribution is 2.41. The SMILES string of the molecule is [3H]c1nc2[nH]c(=C)cc(S(C)(=O)=O)c3cn([C@@H]4O[C@H](CO)[C@@H](O)[C@@]4(C)O)c(n1)c23. The zero-order valence-electron chi connectivity index (χ0n) is 16.1. The van der Waals surface area contributed by atoms with Gasteiger partial charge in [0.05, 0.1) is 16.9 Å². The molecule has 4 atom stereocenters. The van der Waals surface area contributed by atoms with Gasteiger partial charge in [0, 0.05) is 23.2 Å². The zero-order chi connectivity index (χ0) is 21.3. The molecule has 4 N–H and O–H groups in total. The summed E-state index contributed by atoms with van der Waals surface area (Å²) < 4.78 is 39.8. The zero-order valence-corrected chi connectivity index (χ0v) is 15.9. The maximum atomic E-state index is 12.4. The quantitative estimate of drug-likeness (QED) is 0.430. The highest BCUT2D eigenvalue weighted by Gasteiger charge is 2.53. The molecule has 0 bridgehead atoms. The van der Waals surface area contributed by atoms with Crippen molar-refractivity contribution in [1.82, 2.24) is 19.5 Å². The number of ether oxygens (including phenoxy) is 1. The third-order valence-electron chi connectivity index (χ3n) is 5.00. The number of aromatic nitrogens is 4. The Labute approximate surface area is 161 Å². The van der Waals surface area contributed by atoms with Crippen LogP contribution >= 0.6 is 0 Å². The highest BCUT2D eigenvalue weighted by molar-refractivity contribution is 7.91. The number of aromatic amines is 1. The molecule has 1 aliphatic heterocycles. The Morgan fingerprint density at radius 2 is 2.21 bits per heavy atom. The Morgan fingerprint density at radius 1 is 1.50 bits per heavy atom. The van der Waals surface area contributed by atoms with Crippen LogP contribution in [0.4, 0.5) is 0 Å². The fourth-order valence-electron chi connectivity index (χ4n) is 3.62. The lowest BCUT2D eigenvalue weighted by Crippen LogP contribution is -2.44. The van der Waals surface area contributed by atoms with Crippen LogP contribution in [0.1, 0.15) is 14.5 Å². The molecule has 0 saturated carbocycles. The van der Waals surface area contributed by atoms with Crippen LogP contribution in [-0.4, -0.2) is 73.9 Å². The molecular weight excluding hydrogens is 388 g/mol. The highest BCUT2D eigenvalue weighted by atomic mass is 32.2.